The molecule has 1 heterocycles. The van der Waals surface area contributed by atoms with Crippen molar-refractivity contribution in [3.8, 4) is 0 Å². The molecule has 78 valence electrons. The van der Waals surface area contributed by atoms with Crippen LogP contribution in [0.1, 0.15) is 25.1 Å². The van der Waals surface area contributed by atoms with Gasteiger partial charge in [0.1, 0.15) is 0 Å². The molecule has 1 aromatic rings. The minimum atomic E-state index is -0.756. The Morgan fingerprint density at radius 3 is 2.86 bits per heavy atom. The van der Waals surface area contributed by atoms with E-state index in [0.29, 0.717) is 6.42 Å². The third-order valence-corrected chi connectivity index (χ3v) is 2.45. The van der Waals surface area contributed by atoms with Crippen LogP contribution in [-0.2, 0) is 24.7 Å². The maximum absolute atomic E-state index is 10.7. The van der Waals surface area contributed by atoms with E-state index in [1.807, 2.05) is 20.2 Å². The maximum atomic E-state index is 10.7. The van der Waals surface area contributed by atoms with Gasteiger partial charge in [-0.05, 0) is 12.0 Å². The van der Waals surface area contributed by atoms with Gasteiger partial charge in [-0.2, -0.15) is 5.10 Å². The quantitative estimate of drug-likeness (QED) is 0.788. The largest absolute Gasteiger partial charge is 0.481 e. The Kier molecular flexibility index (Phi) is 3.28. The van der Waals surface area contributed by atoms with E-state index in [4.69, 9.17) is 5.11 Å². The predicted octanol–water partition coefficient (Wildman–Crippen LogP) is 1.25. The highest BCUT2D eigenvalue weighted by atomic mass is 16.4. The molecule has 0 bridgehead atoms. The summed E-state index contributed by atoms with van der Waals surface area (Å²) in [6.07, 6.45) is 3.26. The molecule has 0 fully saturated rings. The molecular weight excluding hydrogens is 180 g/mol. The molecule has 0 radical (unpaired) electrons. The van der Waals surface area contributed by atoms with Gasteiger partial charge in [0.15, 0.2) is 0 Å². The van der Waals surface area contributed by atoms with Crippen molar-refractivity contribution >= 4 is 5.97 Å². The van der Waals surface area contributed by atoms with Gasteiger partial charge in [0.2, 0.25) is 0 Å². The Hall–Kier alpha value is -1.32. The Balaban J connectivity index is 2.84. The molecule has 1 N–H and O–H groups in total. The molecule has 0 aliphatic rings. The highest BCUT2D eigenvalue weighted by molar-refractivity contribution is 5.69. The summed E-state index contributed by atoms with van der Waals surface area (Å²) < 4.78 is 1.76. The summed E-state index contributed by atoms with van der Waals surface area (Å²) in [4.78, 5) is 10.7. The molecule has 0 spiro atoms. The summed E-state index contributed by atoms with van der Waals surface area (Å²) in [5.41, 5.74) is 2.17. The van der Waals surface area contributed by atoms with Gasteiger partial charge in [-0.3, -0.25) is 9.48 Å². The molecule has 0 aromatic carbocycles. The topological polar surface area (TPSA) is 55.1 Å². The van der Waals surface area contributed by atoms with E-state index < -0.39 is 5.97 Å². The Morgan fingerprint density at radius 2 is 2.36 bits per heavy atom. The van der Waals surface area contributed by atoms with Gasteiger partial charge in [0.05, 0.1) is 12.1 Å². The van der Waals surface area contributed by atoms with Crippen LogP contribution in [0.15, 0.2) is 6.20 Å². The van der Waals surface area contributed by atoms with Crippen LogP contribution in [0.3, 0.4) is 0 Å². The SMILES string of the molecule is CCc1cnn(C)c1CC(C)C(=O)O. The molecule has 0 saturated heterocycles. The number of carboxylic acids is 1. The first kappa shape index (κ1) is 10.8. The minimum absolute atomic E-state index is 0.351. The summed E-state index contributed by atoms with van der Waals surface area (Å²) in [5, 5.41) is 12.9. The van der Waals surface area contributed by atoms with Crippen molar-refractivity contribution < 1.29 is 9.90 Å². The van der Waals surface area contributed by atoms with E-state index >= 15 is 0 Å². The number of hydrogen-bond acceptors (Lipinski definition) is 2. The lowest BCUT2D eigenvalue weighted by Gasteiger charge is -2.08. The third kappa shape index (κ3) is 2.13. The molecule has 0 saturated carbocycles. The van der Waals surface area contributed by atoms with Crippen molar-refractivity contribution in [2.45, 2.75) is 26.7 Å². The van der Waals surface area contributed by atoms with E-state index in [-0.39, 0.29) is 5.92 Å². The van der Waals surface area contributed by atoms with Crippen LogP contribution in [0, 0.1) is 5.92 Å². The van der Waals surface area contributed by atoms with Gasteiger partial charge >= 0.3 is 5.97 Å². The summed E-state index contributed by atoms with van der Waals surface area (Å²) >= 11 is 0. The highest BCUT2D eigenvalue weighted by Crippen LogP contribution is 2.13. The first-order chi connectivity index (χ1) is 6.56. The molecule has 1 atom stereocenters. The normalized spacial score (nSPS) is 12.8. The zero-order valence-electron chi connectivity index (χ0n) is 8.82. The molecule has 1 rings (SSSR count). The first-order valence-corrected chi connectivity index (χ1v) is 4.78. The molecule has 14 heavy (non-hydrogen) atoms. The van der Waals surface area contributed by atoms with E-state index in [0.717, 1.165) is 17.7 Å². The highest BCUT2D eigenvalue weighted by Gasteiger charge is 2.16. The number of aromatic nitrogens is 2. The van der Waals surface area contributed by atoms with Crippen LogP contribution in [0.25, 0.3) is 0 Å². The van der Waals surface area contributed by atoms with Crippen molar-refractivity contribution in [3.63, 3.8) is 0 Å². The van der Waals surface area contributed by atoms with Crippen LogP contribution in [-0.4, -0.2) is 20.9 Å². The number of carboxylic acid groups (broad SMARTS) is 1. The first-order valence-electron chi connectivity index (χ1n) is 4.78. The molecule has 1 aromatic heterocycles. The molecule has 4 nitrogen and oxygen atoms in total. The second-order valence-electron chi connectivity index (χ2n) is 3.54. The van der Waals surface area contributed by atoms with Crippen molar-refractivity contribution in [2.75, 3.05) is 0 Å². The molecular formula is C10H16N2O2. The lowest BCUT2D eigenvalue weighted by atomic mass is 10.0. The van der Waals surface area contributed by atoms with Crippen LogP contribution in [0.5, 0.6) is 0 Å². The summed E-state index contributed by atoms with van der Waals surface area (Å²) in [6, 6.07) is 0. The number of carbonyl (C=O) groups is 1. The summed E-state index contributed by atoms with van der Waals surface area (Å²) in [5.74, 6) is -1.11. The van der Waals surface area contributed by atoms with E-state index in [1.165, 1.54) is 0 Å². The Labute approximate surface area is 83.5 Å². The maximum Gasteiger partial charge on any atom is 0.306 e. The summed E-state index contributed by atoms with van der Waals surface area (Å²) in [7, 11) is 1.85. The van der Waals surface area contributed by atoms with Crippen LogP contribution in [0.2, 0.25) is 0 Å². The van der Waals surface area contributed by atoms with E-state index in [9.17, 15) is 4.79 Å². The van der Waals surface area contributed by atoms with Gasteiger partial charge in [-0.25, -0.2) is 0 Å². The average Bonchev–Trinajstić information content (AvgIpc) is 2.47. The van der Waals surface area contributed by atoms with Gasteiger partial charge in [0.25, 0.3) is 0 Å². The molecule has 0 amide bonds. The number of rotatable bonds is 4. The zero-order chi connectivity index (χ0) is 10.7. The van der Waals surface area contributed by atoms with Crippen molar-refractivity contribution in [1.82, 2.24) is 9.78 Å². The number of aryl methyl sites for hydroxylation is 2. The van der Waals surface area contributed by atoms with Gasteiger partial charge in [-0.15, -0.1) is 0 Å². The molecule has 1 unspecified atom stereocenters. The zero-order valence-corrected chi connectivity index (χ0v) is 8.82. The van der Waals surface area contributed by atoms with Gasteiger partial charge in [-0.1, -0.05) is 13.8 Å². The predicted molar refractivity (Wildman–Crippen MR) is 53.1 cm³/mol. The average molecular weight is 196 g/mol. The number of hydrogen-bond donors (Lipinski definition) is 1. The van der Waals surface area contributed by atoms with E-state index in [1.54, 1.807) is 11.6 Å². The van der Waals surface area contributed by atoms with Crippen LogP contribution < -0.4 is 0 Å². The van der Waals surface area contributed by atoms with Crippen LogP contribution >= 0.6 is 0 Å². The van der Waals surface area contributed by atoms with Crippen LogP contribution in [0.4, 0.5) is 0 Å². The molecule has 0 aliphatic heterocycles. The van der Waals surface area contributed by atoms with Crippen molar-refractivity contribution in [3.05, 3.63) is 17.5 Å². The Bertz CT molecular complexity index is 331. The second-order valence-corrected chi connectivity index (χ2v) is 3.54. The second kappa shape index (κ2) is 4.26. The third-order valence-electron chi connectivity index (χ3n) is 2.45. The number of nitrogens with zero attached hydrogens (tertiary/aromatic N) is 2. The molecule has 4 heteroatoms. The monoisotopic (exact) mass is 196 g/mol. The van der Waals surface area contributed by atoms with E-state index in [2.05, 4.69) is 5.10 Å². The fraction of sp³-hybridized carbons (Fsp3) is 0.600. The standard InChI is InChI=1S/C10H16N2O2/c1-4-8-6-11-12(3)9(8)5-7(2)10(13)14/h6-7H,4-5H2,1-3H3,(H,13,14). The molecule has 0 aliphatic carbocycles. The lowest BCUT2D eigenvalue weighted by Crippen LogP contribution is -2.15. The van der Waals surface area contributed by atoms with Crippen molar-refractivity contribution in [2.24, 2.45) is 13.0 Å². The minimum Gasteiger partial charge on any atom is -0.481 e. The lowest BCUT2D eigenvalue weighted by molar-refractivity contribution is -0.141. The number of aliphatic carboxylic acids is 1. The van der Waals surface area contributed by atoms with Crippen molar-refractivity contribution in [1.29, 1.82) is 0 Å². The smallest absolute Gasteiger partial charge is 0.306 e. The fourth-order valence-corrected chi connectivity index (χ4v) is 1.44. The summed E-state index contributed by atoms with van der Waals surface area (Å²) in [6.45, 7) is 3.76. The fourth-order valence-electron chi connectivity index (χ4n) is 1.44. The van der Waals surface area contributed by atoms with Gasteiger partial charge in [0, 0.05) is 19.2 Å². The Morgan fingerprint density at radius 1 is 1.71 bits per heavy atom. The van der Waals surface area contributed by atoms with Gasteiger partial charge < -0.3 is 5.11 Å².